The number of aromatic amines is 1. The smallest absolute Gasteiger partial charge is 0.422 e. The van der Waals surface area contributed by atoms with Gasteiger partial charge in [0.05, 0.1) is 17.0 Å². The van der Waals surface area contributed by atoms with Crippen molar-refractivity contribution in [2.75, 3.05) is 24.7 Å². The Labute approximate surface area is 198 Å². The van der Waals surface area contributed by atoms with Gasteiger partial charge < -0.3 is 9.72 Å². The van der Waals surface area contributed by atoms with Crippen molar-refractivity contribution in [2.45, 2.75) is 23.9 Å². The minimum atomic E-state index is -4.68. The predicted octanol–water partition coefficient (Wildman–Crippen LogP) is 3.62. The molecule has 3 rings (SSSR count). The third kappa shape index (κ3) is 7.90. The van der Waals surface area contributed by atoms with E-state index in [1.165, 1.54) is 39.8 Å². The zero-order chi connectivity index (χ0) is 25.9. The maximum Gasteiger partial charge on any atom is 0.422 e. The summed E-state index contributed by atoms with van der Waals surface area (Å²) in [5.74, 6) is -0.543. The number of hydrogen-bond donors (Lipinski definition) is 2. The molecule has 2 heterocycles. The Kier molecular flexibility index (Phi) is 8.06. The molecule has 0 atom stereocenters. The number of benzene rings is 1. The van der Waals surface area contributed by atoms with Crippen LogP contribution >= 0.6 is 11.8 Å². The molecular formula is C19H18F6N4O4S2. The molecule has 0 spiro atoms. The van der Waals surface area contributed by atoms with E-state index in [0.717, 1.165) is 11.8 Å². The number of alkyl halides is 6. The number of H-pyrrole nitrogens is 1. The van der Waals surface area contributed by atoms with Crippen LogP contribution in [0.15, 0.2) is 46.5 Å². The van der Waals surface area contributed by atoms with Crippen LogP contribution in [0.3, 0.4) is 0 Å². The number of ether oxygens (including phenoxy) is 1. The lowest BCUT2D eigenvalue weighted by molar-refractivity contribution is -0.153. The van der Waals surface area contributed by atoms with Crippen LogP contribution in [0.25, 0.3) is 16.7 Å². The van der Waals surface area contributed by atoms with Crippen molar-refractivity contribution in [3.8, 4) is 11.4 Å². The van der Waals surface area contributed by atoms with Crippen molar-refractivity contribution in [1.82, 2.24) is 19.3 Å². The van der Waals surface area contributed by atoms with Crippen LogP contribution in [0.5, 0.6) is 5.75 Å². The number of aromatic nitrogens is 3. The highest BCUT2D eigenvalue weighted by molar-refractivity contribution is 7.99. The number of fused-ring (bicyclic) bond motifs is 1. The first-order valence-corrected chi connectivity index (χ1v) is 12.4. The van der Waals surface area contributed by atoms with Crippen molar-refractivity contribution in [3.63, 3.8) is 0 Å². The second-order valence-corrected chi connectivity index (χ2v) is 10.1. The van der Waals surface area contributed by atoms with E-state index >= 15 is 0 Å². The molecule has 2 N–H and O–H groups in total. The van der Waals surface area contributed by atoms with Crippen molar-refractivity contribution < 1.29 is 39.5 Å². The van der Waals surface area contributed by atoms with Gasteiger partial charge in [-0.15, -0.1) is 0 Å². The summed E-state index contributed by atoms with van der Waals surface area (Å²) in [6.45, 7) is -3.15. The maximum absolute atomic E-state index is 13.0. The molecule has 0 bridgehead atoms. The van der Waals surface area contributed by atoms with Gasteiger partial charge in [-0.2, -0.15) is 26.3 Å². The van der Waals surface area contributed by atoms with E-state index in [2.05, 4.69) is 14.7 Å². The van der Waals surface area contributed by atoms with E-state index in [1.54, 1.807) is 6.07 Å². The molecule has 0 amide bonds. The van der Waals surface area contributed by atoms with Gasteiger partial charge in [0.2, 0.25) is 10.0 Å². The van der Waals surface area contributed by atoms with Crippen molar-refractivity contribution in [3.05, 3.63) is 46.9 Å². The quantitative estimate of drug-likeness (QED) is 0.175. The lowest BCUT2D eigenvalue weighted by Gasteiger charge is -2.14. The molecule has 0 saturated carbocycles. The number of nitrogens with one attached hydrogen (secondary N) is 2. The number of thioether (sulfide) groups is 1. The molecular weight excluding hydrogens is 526 g/mol. The molecule has 1 aromatic carbocycles. The summed E-state index contributed by atoms with van der Waals surface area (Å²) in [4.78, 5) is 20.1. The fourth-order valence-corrected chi connectivity index (χ4v) is 5.02. The van der Waals surface area contributed by atoms with Gasteiger partial charge in [-0.3, -0.25) is 9.36 Å². The molecule has 0 aliphatic heterocycles. The van der Waals surface area contributed by atoms with Crippen molar-refractivity contribution >= 4 is 32.8 Å². The monoisotopic (exact) mass is 544 g/mol. The van der Waals surface area contributed by atoms with Crippen LogP contribution in [-0.4, -0.2) is 60.0 Å². The third-order valence-electron chi connectivity index (χ3n) is 4.33. The maximum atomic E-state index is 13.0. The Bertz CT molecular complexity index is 1320. The Hall–Kier alpha value is -2.72. The van der Waals surface area contributed by atoms with Crippen LogP contribution in [-0.2, 0) is 10.0 Å². The lowest BCUT2D eigenvalue weighted by atomic mass is 10.3. The molecule has 0 fully saturated rings. The van der Waals surface area contributed by atoms with Gasteiger partial charge in [0.15, 0.2) is 11.8 Å². The van der Waals surface area contributed by atoms with E-state index < -0.39 is 46.8 Å². The minimum absolute atomic E-state index is 0.0386. The van der Waals surface area contributed by atoms with Gasteiger partial charge >= 0.3 is 12.4 Å². The van der Waals surface area contributed by atoms with Gasteiger partial charge in [-0.25, -0.2) is 18.1 Å². The first kappa shape index (κ1) is 26.9. The molecule has 192 valence electrons. The van der Waals surface area contributed by atoms with Gasteiger partial charge in [-0.1, -0.05) is 11.8 Å². The largest absolute Gasteiger partial charge is 0.484 e. The highest BCUT2D eigenvalue weighted by Crippen LogP contribution is 2.24. The molecule has 16 heteroatoms. The molecule has 2 aromatic heterocycles. The standard InChI is InChI=1S/C19H18F6N4O4S2/c20-18(21,22)10-27-35(31,32)9-1-8-34-17-28-14-6-7-26-15(14)16(30)29(17)12-2-4-13(5-3-12)33-11-19(23,24)25/h2-7,26-27H,1,8-11H2. The number of hydrogen-bond acceptors (Lipinski definition) is 6. The molecule has 0 aliphatic rings. The molecule has 0 radical (unpaired) electrons. The van der Waals surface area contributed by atoms with Crippen LogP contribution in [0.2, 0.25) is 0 Å². The molecule has 0 saturated heterocycles. The lowest BCUT2D eigenvalue weighted by Crippen LogP contribution is -2.35. The van der Waals surface area contributed by atoms with Gasteiger partial charge in [0.25, 0.3) is 5.56 Å². The van der Waals surface area contributed by atoms with Gasteiger partial charge in [-0.05, 0) is 36.8 Å². The zero-order valence-corrected chi connectivity index (χ0v) is 19.2. The third-order valence-corrected chi connectivity index (χ3v) is 6.76. The molecule has 8 nitrogen and oxygen atoms in total. The van der Waals surface area contributed by atoms with Crippen LogP contribution in [0.1, 0.15) is 6.42 Å². The Balaban J connectivity index is 1.76. The fraction of sp³-hybridized carbons (Fsp3) is 0.368. The van der Waals surface area contributed by atoms with Crippen molar-refractivity contribution in [1.29, 1.82) is 0 Å². The van der Waals surface area contributed by atoms with Gasteiger partial charge in [0.1, 0.15) is 17.8 Å². The molecule has 0 aliphatic carbocycles. The summed E-state index contributed by atoms with van der Waals surface area (Å²) in [6, 6.07) is 6.77. The van der Waals surface area contributed by atoms with Crippen LogP contribution in [0, 0.1) is 0 Å². The predicted molar refractivity (Wildman–Crippen MR) is 116 cm³/mol. The number of rotatable bonds is 10. The van der Waals surface area contributed by atoms with E-state index in [1.807, 2.05) is 0 Å². The first-order chi connectivity index (χ1) is 16.2. The highest BCUT2D eigenvalue weighted by Gasteiger charge is 2.29. The van der Waals surface area contributed by atoms with Crippen LogP contribution in [0.4, 0.5) is 26.3 Å². The van der Waals surface area contributed by atoms with Crippen LogP contribution < -0.4 is 15.0 Å². The summed E-state index contributed by atoms with van der Waals surface area (Å²) in [6.07, 6.45) is -7.74. The molecule has 3 aromatic rings. The fourth-order valence-electron chi connectivity index (χ4n) is 2.83. The Morgan fingerprint density at radius 2 is 1.74 bits per heavy atom. The first-order valence-electron chi connectivity index (χ1n) is 9.81. The second-order valence-electron chi connectivity index (χ2n) is 7.13. The average molecular weight is 544 g/mol. The SMILES string of the molecule is O=c1c2[nH]ccc2nc(SCCCS(=O)(=O)NCC(F)(F)F)n1-c1ccc(OCC(F)(F)F)cc1. The topological polar surface area (TPSA) is 106 Å². The molecule has 0 unspecified atom stereocenters. The number of nitrogens with zero attached hydrogens (tertiary/aromatic N) is 2. The Morgan fingerprint density at radius 3 is 2.37 bits per heavy atom. The normalized spacial score (nSPS) is 12.9. The number of sulfonamides is 1. The van der Waals surface area contributed by atoms with E-state index in [9.17, 15) is 39.6 Å². The van der Waals surface area contributed by atoms with E-state index in [4.69, 9.17) is 0 Å². The Morgan fingerprint density at radius 1 is 1.06 bits per heavy atom. The molecule has 35 heavy (non-hydrogen) atoms. The summed E-state index contributed by atoms with van der Waals surface area (Å²) >= 11 is 1.000. The number of halogens is 6. The summed E-state index contributed by atoms with van der Waals surface area (Å²) in [5, 5.41) is 0.159. The second kappa shape index (κ2) is 10.5. The van der Waals surface area contributed by atoms with Crippen molar-refractivity contribution in [2.24, 2.45) is 0 Å². The van der Waals surface area contributed by atoms with E-state index in [0.29, 0.717) is 5.52 Å². The summed E-state index contributed by atoms with van der Waals surface area (Å²) in [7, 11) is -4.16. The van der Waals surface area contributed by atoms with Gasteiger partial charge in [0, 0.05) is 11.9 Å². The zero-order valence-electron chi connectivity index (χ0n) is 17.6. The minimum Gasteiger partial charge on any atom is -0.484 e. The highest BCUT2D eigenvalue weighted by atomic mass is 32.2. The summed E-state index contributed by atoms with van der Waals surface area (Å²) in [5.41, 5.74) is 0.260. The average Bonchev–Trinajstić information content (AvgIpc) is 3.23. The van der Waals surface area contributed by atoms with E-state index in [-0.39, 0.29) is 34.3 Å². The summed E-state index contributed by atoms with van der Waals surface area (Å²) < 4.78 is 105.